The first-order valence-corrected chi connectivity index (χ1v) is 7.19. The van der Waals surface area contributed by atoms with Gasteiger partial charge in [-0.3, -0.25) is 4.79 Å². The third kappa shape index (κ3) is 4.24. The average molecular weight is 342 g/mol. The van der Waals surface area contributed by atoms with Crippen LogP contribution in [-0.2, 0) is 4.79 Å². The van der Waals surface area contributed by atoms with Crippen molar-refractivity contribution in [3.8, 4) is 11.1 Å². The second kappa shape index (κ2) is 6.52. The highest BCUT2D eigenvalue weighted by Crippen LogP contribution is 2.29. The summed E-state index contributed by atoms with van der Waals surface area (Å²) in [6, 6.07) is 16.9. The van der Waals surface area contributed by atoms with Gasteiger partial charge in [-0.2, -0.15) is 0 Å². The van der Waals surface area contributed by atoms with Gasteiger partial charge in [-0.25, -0.2) is 0 Å². The van der Waals surface area contributed by atoms with Gasteiger partial charge in [0.25, 0.3) is 3.79 Å². The summed E-state index contributed by atoms with van der Waals surface area (Å²) in [5.74, 6) is -1.04. The average Bonchev–Trinajstić information content (AvgIpc) is 2.47. The van der Waals surface area contributed by atoms with Crippen LogP contribution in [0.5, 0.6) is 0 Å². The first-order valence-electron chi connectivity index (χ1n) is 6.05. The van der Waals surface area contributed by atoms with Gasteiger partial charge in [0.1, 0.15) is 5.76 Å². The summed E-state index contributed by atoms with van der Waals surface area (Å²) < 4.78 is -2.07. The molecular formula is C16H11Cl3O2. The van der Waals surface area contributed by atoms with Crippen molar-refractivity contribution in [2.24, 2.45) is 0 Å². The summed E-state index contributed by atoms with van der Waals surface area (Å²) in [6.07, 6.45) is 0.907. The minimum absolute atomic E-state index is 0.245. The molecule has 2 nitrogen and oxygen atoms in total. The highest BCUT2D eigenvalue weighted by atomic mass is 35.6. The molecule has 0 aliphatic heterocycles. The van der Waals surface area contributed by atoms with Crippen molar-refractivity contribution < 1.29 is 9.90 Å². The Labute approximate surface area is 137 Å². The monoisotopic (exact) mass is 340 g/mol. The third-order valence-electron chi connectivity index (χ3n) is 2.83. The number of carbonyl (C=O) groups is 1. The molecule has 0 radical (unpaired) electrons. The minimum atomic E-state index is -2.07. The number of hydrogen-bond donors (Lipinski definition) is 1. The zero-order valence-corrected chi connectivity index (χ0v) is 13.0. The van der Waals surface area contributed by atoms with Crippen molar-refractivity contribution in [2.75, 3.05) is 0 Å². The fourth-order valence-electron chi connectivity index (χ4n) is 1.75. The number of hydrogen-bond acceptors (Lipinski definition) is 2. The summed E-state index contributed by atoms with van der Waals surface area (Å²) in [5, 5.41) is 9.88. The number of halogens is 3. The zero-order chi connectivity index (χ0) is 15.5. The maximum absolute atomic E-state index is 11.5. The Hall–Kier alpha value is -1.48. The molecule has 1 N–H and O–H groups in total. The fourth-order valence-corrected chi connectivity index (χ4v) is 1.92. The van der Waals surface area contributed by atoms with E-state index < -0.39 is 9.58 Å². The van der Waals surface area contributed by atoms with Crippen molar-refractivity contribution in [2.45, 2.75) is 3.79 Å². The van der Waals surface area contributed by atoms with Gasteiger partial charge in [0, 0.05) is 11.6 Å². The predicted molar refractivity (Wildman–Crippen MR) is 87.8 cm³/mol. The maximum atomic E-state index is 11.5. The van der Waals surface area contributed by atoms with Gasteiger partial charge in [0.05, 0.1) is 0 Å². The number of carbonyl (C=O) groups excluding carboxylic acids is 1. The normalized spacial score (nSPS) is 12.2. The number of alkyl halides is 3. The van der Waals surface area contributed by atoms with Crippen LogP contribution in [0.4, 0.5) is 0 Å². The number of aliphatic hydroxyl groups is 1. The molecule has 0 aliphatic rings. The standard InChI is InChI=1S/C16H11Cl3O2/c17-16(18,19)15(21)10-14(20)13-8-6-12(7-9-13)11-4-2-1-3-5-11/h1-10,20H/b14-10-. The topological polar surface area (TPSA) is 37.3 Å². The van der Waals surface area contributed by atoms with Gasteiger partial charge >= 0.3 is 0 Å². The van der Waals surface area contributed by atoms with E-state index in [0.29, 0.717) is 5.56 Å². The Balaban J connectivity index is 2.23. The van der Waals surface area contributed by atoms with Crippen LogP contribution in [0, 0.1) is 0 Å². The van der Waals surface area contributed by atoms with Crippen LogP contribution in [0.3, 0.4) is 0 Å². The highest BCUT2D eigenvalue weighted by Gasteiger charge is 2.29. The van der Waals surface area contributed by atoms with E-state index in [9.17, 15) is 9.90 Å². The van der Waals surface area contributed by atoms with Gasteiger partial charge < -0.3 is 5.11 Å². The van der Waals surface area contributed by atoms with Gasteiger partial charge in [0.2, 0.25) is 5.78 Å². The maximum Gasteiger partial charge on any atom is 0.252 e. The molecule has 0 amide bonds. The molecule has 5 heteroatoms. The van der Waals surface area contributed by atoms with Crippen molar-refractivity contribution in [1.29, 1.82) is 0 Å². The fraction of sp³-hybridized carbons (Fsp3) is 0.0625. The molecule has 108 valence electrons. The Kier molecular flexibility index (Phi) is 4.94. The molecule has 0 bridgehead atoms. The van der Waals surface area contributed by atoms with Crippen molar-refractivity contribution in [3.63, 3.8) is 0 Å². The van der Waals surface area contributed by atoms with Crippen molar-refractivity contribution in [3.05, 3.63) is 66.2 Å². The molecule has 2 aromatic carbocycles. The summed E-state index contributed by atoms with van der Waals surface area (Å²) >= 11 is 16.3. The largest absolute Gasteiger partial charge is 0.507 e. The molecule has 0 saturated heterocycles. The second-order valence-corrected chi connectivity index (χ2v) is 6.62. The van der Waals surface area contributed by atoms with Crippen LogP contribution in [0.25, 0.3) is 16.9 Å². The van der Waals surface area contributed by atoms with E-state index in [4.69, 9.17) is 34.8 Å². The molecule has 2 rings (SSSR count). The van der Waals surface area contributed by atoms with Crippen LogP contribution in [-0.4, -0.2) is 14.7 Å². The van der Waals surface area contributed by atoms with Gasteiger partial charge in [-0.05, 0) is 11.1 Å². The quantitative estimate of drug-likeness (QED) is 0.474. The number of ketones is 1. The molecule has 0 saturated carbocycles. The summed E-state index contributed by atoms with van der Waals surface area (Å²) in [5.41, 5.74) is 2.53. The molecule has 0 aromatic heterocycles. The summed E-state index contributed by atoms with van der Waals surface area (Å²) in [7, 11) is 0. The van der Waals surface area contributed by atoms with E-state index in [-0.39, 0.29) is 5.76 Å². The van der Waals surface area contributed by atoms with Crippen LogP contribution in [0.2, 0.25) is 0 Å². The molecule has 0 fully saturated rings. The highest BCUT2D eigenvalue weighted by molar-refractivity contribution is 6.77. The SMILES string of the molecule is O=C(/C=C(\O)c1ccc(-c2ccccc2)cc1)C(Cl)(Cl)Cl. The molecule has 21 heavy (non-hydrogen) atoms. The van der Waals surface area contributed by atoms with Gasteiger partial charge in [-0.1, -0.05) is 89.4 Å². The van der Waals surface area contributed by atoms with Crippen molar-refractivity contribution in [1.82, 2.24) is 0 Å². The lowest BCUT2D eigenvalue weighted by Crippen LogP contribution is -2.16. The molecular weight excluding hydrogens is 331 g/mol. The molecule has 0 aliphatic carbocycles. The van der Waals surface area contributed by atoms with E-state index >= 15 is 0 Å². The first-order chi connectivity index (χ1) is 9.88. The lowest BCUT2D eigenvalue weighted by molar-refractivity contribution is -0.113. The van der Waals surface area contributed by atoms with Crippen LogP contribution < -0.4 is 0 Å². The van der Waals surface area contributed by atoms with E-state index in [1.165, 1.54) is 0 Å². The van der Waals surface area contributed by atoms with Crippen LogP contribution in [0.1, 0.15) is 5.56 Å². The van der Waals surface area contributed by atoms with E-state index in [2.05, 4.69) is 0 Å². The number of rotatable bonds is 3. The lowest BCUT2D eigenvalue weighted by atomic mass is 10.0. The summed E-state index contributed by atoms with van der Waals surface area (Å²) in [6.45, 7) is 0. The number of allylic oxidation sites excluding steroid dienone is 1. The van der Waals surface area contributed by atoms with Crippen LogP contribution >= 0.6 is 34.8 Å². The molecule has 0 unspecified atom stereocenters. The molecule has 0 heterocycles. The third-order valence-corrected chi connectivity index (χ3v) is 3.39. The van der Waals surface area contributed by atoms with E-state index in [1.54, 1.807) is 12.1 Å². The Morgan fingerprint density at radius 2 is 1.43 bits per heavy atom. The second-order valence-electron chi connectivity index (χ2n) is 4.33. The number of aliphatic hydroxyl groups excluding tert-OH is 1. The Bertz CT molecular complexity index is 656. The smallest absolute Gasteiger partial charge is 0.252 e. The van der Waals surface area contributed by atoms with E-state index in [0.717, 1.165) is 17.2 Å². The first kappa shape index (κ1) is 15.9. The lowest BCUT2D eigenvalue weighted by Gasteiger charge is -2.07. The van der Waals surface area contributed by atoms with E-state index in [1.807, 2.05) is 42.5 Å². The Morgan fingerprint density at radius 1 is 0.905 bits per heavy atom. The number of benzene rings is 2. The van der Waals surface area contributed by atoms with Crippen molar-refractivity contribution >= 4 is 46.3 Å². The predicted octanol–water partition coefficient (Wildman–Crippen LogP) is 5.19. The van der Waals surface area contributed by atoms with Crippen LogP contribution in [0.15, 0.2) is 60.7 Å². The molecule has 0 atom stereocenters. The van der Waals surface area contributed by atoms with Gasteiger partial charge in [0.15, 0.2) is 0 Å². The molecule has 0 spiro atoms. The minimum Gasteiger partial charge on any atom is -0.507 e. The summed E-state index contributed by atoms with van der Waals surface area (Å²) in [4.78, 5) is 11.5. The molecule has 2 aromatic rings. The Morgan fingerprint density at radius 3 is 1.95 bits per heavy atom. The zero-order valence-electron chi connectivity index (χ0n) is 10.8. The van der Waals surface area contributed by atoms with Gasteiger partial charge in [-0.15, -0.1) is 0 Å².